The summed E-state index contributed by atoms with van der Waals surface area (Å²) in [6, 6.07) is 4.79. The number of nitrogens with zero attached hydrogens (tertiary/aromatic N) is 1. The van der Waals surface area contributed by atoms with E-state index in [4.69, 9.17) is 21.1 Å². The van der Waals surface area contributed by atoms with Gasteiger partial charge in [0.05, 0.1) is 12.3 Å². The van der Waals surface area contributed by atoms with Gasteiger partial charge in [0, 0.05) is 17.6 Å². The van der Waals surface area contributed by atoms with Crippen LogP contribution in [0.25, 0.3) is 11.3 Å². The summed E-state index contributed by atoms with van der Waals surface area (Å²) in [6.07, 6.45) is 1.97. The van der Waals surface area contributed by atoms with Crippen LogP contribution in [-0.4, -0.2) is 25.3 Å². The van der Waals surface area contributed by atoms with E-state index < -0.39 is 5.82 Å². The highest BCUT2D eigenvalue weighted by Gasteiger charge is 2.15. The SMILES string of the molecule is COCCOc1cc(-c2nc(Cl)sc2CCC(C)C)ccc1F. The van der Waals surface area contributed by atoms with Crippen LogP contribution in [0.5, 0.6) is 5.75 Å². The lowest BCUT2D eigenvalue weighted by Crippen LogP contribution is -2.05. The molecule has 0 radical (unpaired) electrons. The van der Waals surface area contributed by atoms with E-state index in [0.717, 1.165) is 29.0 Å². The predicted octanol–water partition coefficient (Wildman–Crippen LogP) is 5.22. The van der Waals surface area contributed by atoms with E-state index in [9.17, 15) is 4.39 Å². The van der Waals surface area contributed by atoms with Gasteiger partial charge in [-0.15, -0.1) is 11.3 Å². The molecule has 0 aliphatic heterocycles. The number of hydrogen-bond acceptors (Lipinski definition) is 4. The third kappa shape index (κ3) is 5.16. The molecule has 1 aromatic heterocycles. The number of benzene rings is 1. The fourth-order valence-electron chi connectivity index (χ4n) is 2.13. The van der Waals surface area contributed by atoms with Gasteiger partial charge in [-0.2, -0.15) is 0 Å². The second-order valence-electron chi connectivity index (χ2n) is 5.66. The van der Waals surface area contributed by atoms with E-state index in [-0.39, 0.29) is 5.75 Å². The maximum absolute atomic E-state index is 13.9. The van der Waals surface area contributed by atoms with E-state index in [1.807, 2.05) is 0 Å². The predicted molar refractivity (Wildman–Crippen MR) is 93.0 cm³/mol. The minimum Gasteiger partial charge on any atom is -0.488 e. The first-order chi connectivity index (χ1) is 11.0. The normalized spacial score (nSPS) is 11.2. The summed E-state index contributed by atoms with van der Waals surface area (Å²) >= 11 is 7.57. The van der Waals surface area contributed by atoms with Gasteiger partial charge in [0.1, 0.15) is 6.61 Å². The third-order valence-corrected chi connectivity index (χ3v) is 4.59. The van der Waals surface area contributed by atoms with E-state index in [1.54, 1.807) is 19.2 Å². The monoisotopic (exact) mass is 357 g/mol. The zero-order valence-corrected chi connectivity index (χ0v) is 15.1. The summed E-state index contributed by atoms with van der Waals surface area (Å²) in [5.74, 6) is 0.415. The van der Waals surface area contributed by atoms with Crippen molar-refractivity contribution in [2.45, 2.75) is 26.7 Å². The maximum atomic E-state index is 13.9. The Morgan fingerprint density at radius 1 is 1.30 bits per heavy atom. The molecule has 0 fully saturated rings. The molecule has 2 aromatic rings. The molecule has 1 aromatic carbocycles. The molecule has 6 heteroatoms. The molecule has 0 aliphatic rings. The van der Waals surface area contributed by atoms with Crippen molar-refractivity contribution in [3.05, 3.63) is 33.4 Å². The van der Waals surface area contributed by atoms with Crippen molar-refractivity contribution < 1.29 is 13.9 Å². The lowest BCUT2D eigenvalue weighted by molar-refractivity contribution is 0.144. The van der Waals surface area contributed by atoms with Gasteiger partial charge in [0.25, 0.3) is 0 Å². The second-order valence-corrected chi connectivity index (χ2v) is 7.32. The summed E-state index contributed by atoms with van der Waals surface area (Å²) in [4.78, 5) is 5.53. The highest BCUT2D eigenvalue weighted by Crippen LogP contribution is 2.34. The van der Waals surface area contributed by atoms with Crippen molar-refractivity contribution in [3.63, 3.8) is 0 Å². The molecule has 1 heterocycles. The number of aryl methyl sites for hydroxylation is 1. The van der Waals surface area contributed by atoms with Crippen molar-refractivity contribution in [3.8, 4) is 17.0 Å². The summed E-state index contributed by atoms with van der Waals surface area (Å²) < 4.78 is 24.7. The zero-order valence-electron chi connectivity index (χ0n) is 13.6. The number of aromatic nitrogens is 1. The average Bonchev–Trinajstić information content (AvgIpc) is 2.88. The molecule has 0 atom stereocenters. The van der Waals surface area contributed by atoms with Crippen molar-refractivity contribution in [2.24, 2.45) is 5.92 Å². The van der Waals surface area contributed by atoms with Gasteiger partial charge in [-0.3, -0.25) is 0 Å². The smallest absolute Gasteiger partial charge is 0.184 e. The van der Waals surface area contributed by atoms with Crippen LogP contribution in [-0.2, 0) is 11.2 Å². The summed E-state index contributed by atoms with van der Waals surface area (Å²) in [5, 5.41) is 0. The molecule has 126 valence electrons. The fraction of sp³-hybridized carbons (Fsp3) is 0.471. The van der Waals surface area contributed by atoms with E-state index in [1.165, 1.54) is 17.4 Å². The largest absolute Gasteiger partial charge is 0.488 e. The van der Waals surface area contributed by atoms with Crippen LogP contribution >= 0.6 is 22.9 Å². The Labute approximate surface area is 145 Å². The van der Waals surface area contributed by atoms with Crippen LogP contribution in [0.15, 0.2) is 18.2 Å². The van der Waals surface area contributed by atoms with Gasteiger partial charge in [-0.1, -0.05) is 25.4 Å². The van der Waals surface area contributed by atoms with Gasteiger partial charge >= 0.3 is 0 Å². The maximum Gasteiger partial charge on any atom is 0.184 e. The Morgan fingerprint density at radius 3 is 2.78 bits per heavy atom. The van der Waals surface area contributed by atoms with Crippen LogP contribution in [0.1, 0.15) is 25.1 Å². The first-order valence-electron chi connectivity index (χ1n) is 7.58. The topological polar surface area (TPSA) is 31.4 Å². The molecular formula is C17H21ClFNO2S. The van der Waals surface area contributed by atoms with Crippen LogP contribution in [0.2, 0.25) is 4.47 Å². The van der Waals surface area contributed by atoms with E-state index >= 15 is 0 Å². The number of methoxy groups -OCH3 is 1. The summed E-state index contributed by atoms with van der Waals surface area (Å²) in [5.41, 5.74) is 1.64. The second kappa shape index (κ2) is 8.62. The highest BCUT2D eigenvalue weighted by atomic mass is 35.5. The first kappa shape index (κ1) is 18.2. The molecule has 3 nitrogen and oxygen atoms in total. The number of thiazole rings is 1. The minimum absolute atomic E-state index is 0.207. The first-order valence-corrected chi connectivity index (χ1v) is 8.77. The van der Waals surface area contributed by atoms with Gasteiger partial charge in [-0.25, -0.2) is 9.37 Å². The molecule has 0 N–H and O–H groups in total. The molecule has 0 saturated carbocycles. The van der Waals surface area contributed by atoms with E-state index in [2.05, 4.69) is 18.8 Å². The van der Waals surface area contributed by atoms with E-state index in [0.29, 0.717) is 23.6 Å². The van der Waals surface area contributed by atoms with Gasteiger partial charge in [0.15, 0.2) is 16.0 Å². The Hall–Kier alpha value is -1.17. The minimum atomic E-state index is -0.394. The third-order valence-electron chi connectivity index (χ3n) is 3.37. The van der Waals surface area contributed by atoms with Crippen LogP contribution in [0.3, 0.4) is 0 Å². The van der Waals surface area contributed by atoms with Crippen molar-refractivity contribution >= 4 is 22.9 Å². The molecule has 0 aliphatic carbocycles. The Morgan fingerprint density at radius 2 is 2.09 bits per heavy atom. The summed E-state index contributed by atoms with van der Waals surface area (Å²) in [6.45, 7) is 5.07. The van der Waals surface area contributed by atoms with Crippen LogP contribution in [0, 0.1) is 11.7 Å². The molecule has 2 rings (SSSR count). The summed E-state index contributed by atoms with van der Waals surface area (Å²) in [7, 11) is 1.58. The quantitative estimate of drug-likeness (QED) is 0.607. The van der Waals surface area contributed by atoms with Crippen molar-refractivity contribution in [2.75, 3.05) is 20.3 Å². The standard InChI is InChI=1S/C17H21ClFNO2S/c1-11(2)4-7-15-16(20-17(18)23-15)12-5-6-13(19)14(10-12)22-9-8-21-3/h5-6,10-11H,4,7-9H2,1-3H3. The lowest BCUT2D eigenvalue weighted by atomic mass is 10.0. The fourth-order valence-corrected chi connectivity index (χ4v) is 3.32. The van der Waals surface area contributed by atoms with Crippen molar-refractivity contribution in [1.29, 1.82) is 0 Å². The van der Waals surface area contributed by atoms with Gasteiger partial charge in [0.2, 0.25) is 0 Å². The van der Waals surface area contributed by atoms with Crippen LogP contribution < -0.4 is 4.74 Å². The van der Waals surface area contributed by atoms with Gasteiger partial charge < -0.3 is 9.47 Å². The Kier molecular flexibility index (Phi) is 6.81. The Bertz CT molecular complexity index is 646. The zero-order chi connectivity index (χ0) is 16.8. The molecule has 0 amide bonds. The van der Waals surface area contributed by atoms with Gasteiger partial charge in [-0.05, 0) is 37.0 Å². The van der Waals surface area contributed by atoms with Crippen LogP contribution in [0.4, 0.5) is 4.39 Å². The molecule has 0 unspecified atom stereocenters. The highest BCUT2D eigenvalue weighted by molar-refractivity contribution is 7.16. The number of hydrogen-bond donors (Lipinski definition) is 0. The molecule has 0 spiro atoms. The molecular weight excluding hydrogens is 337 g/mol. The number of halogens is 2. The lowest BCUT2D eigenvalue weighted by Gasteiger charge is -2.09. The number of rotatable bonds is 8. The van der Waals surface area contributed by atoms with Crippen molar-refractivity contribution in [1.82, 2.24) is 4.98 Å². The Balaban J connectivity index is 2.25. The average molecular weight is 358 g/mol. The number of ether oxygens (including phenoxy) is 2. The molecule has 0 saturated heterocycles. The molecule has 0 bridgehead atoms. The molecule has 23 heavy (non-hydrogen) atoms.